The third kappa shape index (κ3) is 4.58. The molecule has 8 heteroatoms. The minimum atomic E-state index is -0.635. The fourth-order valence-corrected chi connectivity index (χ4v) is 2.56. The number of nitrogens with zero attached hydrogens (tertiary/aromatic N) is 2. The standard InChI is InChI=1S/C17H19FN4O2.ClH/c1-24-13-3-4-14(15(18)10-13)17(23)21-16-5-2-12(11-20-16)22-8-6-19-7-9-22;/h2-5,10-11,19H,6-9H2,1H3,(H,20,21,23);1H. The zero-order valence-electron chi connectivity index (χ0n) is 13.8. The monoisotopic (exact) mass is 366 g/mol. The lowest BCUT2D eigenvalue weighted by molar-refractivity contribution is 0.102. The molecule has 1 fully saturated rings. The van der Waals surface area contributed by atoms with Crippen LogP contribution in [0.3, 0.4) is 0 Å². The summed E-state index contributed by atoms with van der Waals surface area (Å²) in [4.78, 5) is 18.6. The van der Waals surface area contributed by atoms with Crippen LogP contribution in [-0.2, 0) is 0 Å². The highest BCUT2D eigenvalue weighted by Crippen LogP contribution is 2.19. The first-order chi connectivity index (χ1) is 11.7. The van der Waals surface area contributed by atoms with E-state index < -0.39 is 11.7 Å². The van der Waals surface area contributed by atoms with Gasteiger partial charge >= 0.3 is 0 Å². The van der Waals surface area contributed by atoms with Gasteiger partial charge in [-0.05, 0) is 24.3 Å². The van der Waals surface area contributed by atoms with Crippen LogP contribution in [0.5, 0.6) is 5.75 Å². The molecule has 6 nitrogen and oxygen atoms in total. The number of amides is 1. The highest BCUT2D eigenvalue weighted by atomic mass is 35.5. The summed E-state index contributed by atoms with van der Waals surface area (Å²) < 4.78 is 18.8. The molecule has 1 saturated heterocycles. The van der Waals surface area contributed by atoms with Gasteiger partial charge in [0.2, 0.25) is 0 Å². The smallest absolute Gasteiger partial charge is 0.259 e. The predicted molar refractivity (Wildman–Crippen MR) is 97.5 cm³/mol. The number of ether oxygens (including phenoxy) is 1. The van der Waals surface area contributed by atoms with Gasteiger partial charge in [-0.15, -0.1) is 12.4 Å². The van der Waals surface area contributed by atoms with E-state index in [-0.39, 0.29) is 18.0 Å². The van der Waals surface area contributed by atoms with Gasteiger partial charge in [0, 0.05) is 32.2 Å². The Morgan fingerprint density at radius 3 is 2.64 bits per heavy atom. The number of aromatic nitrogens is 1. The number of carbonyl (C=O) groups is 1. The van der Waals surface area contributed by atoms with Gasteiger partial charge in [-0.3, -0.25) is 4.79 Å². The van der Waals surface area contributed by atoms with E-state index in [4.69, 9.17) is 4.74 Å². The van der Waals surface area contributed by atoms with Gasteiger partial charge in [-0.2, -0.15) is 0 Å². The molecular weight excluding hydrogens is 347 g/mol. The Hall–Kier alpha value is -2.38. The number of pyridine rings is 1. The molecule has 0 spiro atoms. The lowest BCUT2D eigenvalue weighted by Gasteiger charge is -2.29. The molecule has 3 rings (SSSR count). The van der Waals surface area contributed by atoms with Crippen molar-refractivity contribution in [2.24, 2.45) is 0 Å². The first-order valence-corrected chi connectivity index (χ1v) is 7.74. The normalized spacial score (nSPS) is 13.8. The maximum atomic E-state index is 13.9. The molecule has 25 heavy (non-hydrogen) atoms. The number of hydrogen-bond donors (Lipinski definition) is 2. The number of carbonyl (C=O) groups excluding carboxylic acids is 1. The molecule has 0 radical (unpaired) electrons. The van der Waals surface area contributed by atoms with E-state index in [9.17, 15) is 9.18 Å². The van der Waals surface area contributed by atoms with Gasteiger partial charge in [0.1, 0.15) is 17.4 Å². The second-order valence-corrected chi connectivity index (χ2v) is 5.44. The third-order valence-corrected chi connectivity index (χ3v) is 3.89. The Bertz CT molecular complexity index is 721. The largest absolute Gasteiger partial charge is 0.497 e. The maximum absolute atomic E-state index is 13.9. The van der Waals surface area contributed by atoms with Crippen molar-refractivity contribution >= 4 is 29.8 Å². The molecule has 2 N–H and O–H groups in total. The summed E-state index contributed by atoms with van der Waals surface area (Å²) in [5, 5.41) is 5.89. The van der Waals surface area contributed by atoms with E-state index in [0.717, 1.165) is 31.9 Å². The Balaban J connectivity index is 0.00000225. The Morgan fingerprint density at radius 2 is 2.04 bits per heavy atom. The van der Waals surface area contributed by atoms with Crippen LogP contribution in [0, 0.1) is 5.82 Å². The summed E-state index contributed by atoms with van der Waals surface area (Å²) in [5.74, 6) is -0.432. The molecule has 0 bridgehead atoms. The molecule has 1 aliphatic heterocycles. The van der Waals surface area contributed by atoms with Crippen LogP contribution in [0.2, 0.25) is 0 Å². The third-order valence-electron chi connectivity index (χ3n) is 3.89. The average molecular weight is 367 g/mol. The minimum Gasteiger partial charge on any atom is -0.497 e. The molecule has 1 amide bonds. The Morgan fingerprint density at radius 1 is 1.28 bits per heavy atom. The van der Waals surface area contributed by atoms with Crippen molar-refractivity contribution in [1.82, 2.24) is 10.3 Å². The first kappa shape index (κ1) is 19.0. The van der Waals surface area contributed by atoms with Crippen LogP contribution >= 0.6 is 12.4 Å². The number of anilines is 2. The molecule has 0 atom stereocenters. The van der Waals surface area contributed by atoms with Gasteiger partial charge in [-0.25, -0.2) is 9.37 Å². The van der Waals surface area contributed by atoms with E-state index in [0.29, 0.717) is 11.6 Å². The summed E-state index contributed by atoms with van der Waals surface area (Å²) >= 11 is 0. The topological polar surface area (TPSA) is 66.5 Å². The summed E-state index contributed by atoms with van der Waals surface area (Å²) in [6.45, 7) is 3.72. The molecule has 1 aromatic heterocycles. The fraction of sp³-hybridized carbons (Fsp3) is 0.294. The van der Waals surface area contributed by atoms with Crippen molar-refractivity contribution in [2.45, 2.75) is 0 Å². The quantitative estimate of drug-likeness (QED) is 0.869. The number of methoxy groups -OCH3 is 1. The number of piperazine rings is 1. The summed E-state index contributed by atoms with van der Waals surface area (Å²) in [6, 6.07) is 7.72. The van der Waals surface area contributed by atoms with Crippen LogP contribution in [0.4, 0.5) is 15.9 Å². The summed E-state index contributed by atoms with van der Waals surface area (Å²) in [7, 11) is 1.44. The van der Waals surface area contributed by atoms with E-state index in [1.165, 1.54) is 19.2 Å². The number of halogens is 2. The predicted octanol–water partition coefficient (Wildman–Crippen LogP) is 2.31. The van der Waals surface area contributed by atoms with Crippen molar-refractivity contribution in [3.8, 4) is 5.75 Å². The zero-order chi connectivity index (χ0) is 16.9. The second kappa shape index (κ2) is 8.64. The fourth-order valence-electron chi connectivity index (χ4n) is 2.56. The van der Waals surface area contributed by atoms with Crippen LogP contribution in [0.25, 0.3) is 0 Å². The van der Waals surface area contributed by atoms with Gasteiger partial charge in [0.25, 0.3) is 5.91 Å². The number of benzene rings is 1. The second-order valence-electron chi connectivity index (χ2n) is 5.44. The molecule has 0 saturated carbocycles. The average Bonchev–Trinajstić information content (AvgIpc) is 2.63. The van der Waals surface area contributed by atoms with Crippen molar-refractivity contribution in [2.75, 3.05) is 43.5 Å². The molecule has 0 aliphatic carbocycles. The van der Waals surface area contributed by atoms with E-state index >= 15 is 0 Å². The van der Waals surface area contributed by atoms with Crippen molar-refractivity contribution in [3.05, 3.63) is 47.9 Å². The van der Waals surface area contributed by atoms with Gasteiger partial charge in [0.05, 0.1) is 24.6 Å². The molecule has 2 aromatic rings. The number of hydrogen-bond acceptors (Lipinski definition) is 5. The lowest BCUT2D eigenvalue weighted by atomic mass is 10.2. The molecule has 2 heterocycles. The SMILES string of the molecule is COc1ccc(C(=O)Nc2ccc(N3CCNCC3)cn2)c(F)c1.Cl. The summed E-state index contributed by atoms with van der Waals surface area (Å²) in [6.07, 6.45) is 1.71. The van der Waals surface area contributed by atoms with Crippen molar-refractivity contribution in [3.63, 3.8) is 0 Å². The molecule has 134 valence electrons. The molecule has 1 aromatic carbocycles. The van der Waals surface area contributed by atoms with Crippen LogP contribution < -0.4 is 20.3 Å². The van der Waals surface area contributed by atoms with E-state index in [2.05, 4.69) is 20.5 Å². The lowest BCUT2D eigenvalue weighted by Crippen LogP contribution is -2.43. The highest BCUT2D eigenvalue weighted by Gasteiger charge is 2.14. The zero-order valence-corrected chi connectivity index (χ0v) is 14.6. The van der Waals surface area contributed by atoms with Crippen LogP contribution in [0.1, 0.15) is 10.4 Å². The van der Waals surface area contributed by atoms with Gasteiger partial charge < -0.3 is 20.3 Å². The maximum Gasteiger partial charge on any atom is 0.259 e. The van der Waals surface area contributed by atoms with E-state index in [1.807, 2.05) is 6.07 Å². The van der Waals surface area contributed by atoms with E-state index in [1.54, 1.807) is 18.3 Å². The van der Waals surface area contributed by atoms with Gasteiger partial charge in [0.15, 0.2) is 0 Å². The van der Waals surface area contributed by atoms with Crippen molar-refractivity contribution in [1.29, 1.82) is 0 Å². The molecule has 1 aliphatic rings. The molecular formula is C17H20ClFN4O2. The highest BCUT2D eigenvalue weighted by molar-refractivity contribution is 6.04. The Kier molecular flexibility index (Phi) is 6.55. The number of rotatable bonds is 4. The summed E-state index contributed by atoms with van der Waals surface area (Å²) in [5.41, 5.74) is 0.953. The van der Waals surface area contributed by atoms with Crippen LogP contribution in [-0.4, -0.2) is 44.2 Å². The van der Waals surface area contributed by atoms with Gasteiger partial charge in [-0.1, -0.05) is 0 Å². The molecule has 0 unspecified atom stereocenters. The minimum absolute atomic E-state index is 0. The first-order valence-electron chi connectivity index (χ1n) is 7.74. The number of nitrogens with one attached hydrogen (secondary N) is 2. The van der Waals surface area contributed by atoms with Crippen molar-refractivity contribution < 1.29 is 13.9 Å². The van der Waals surface area contributed by atoms with Crippen LogP contribution in [0.15, 0.2) is 36.5 Å². The Labute approximate surface area is 151 Å².